The molecule has 226 valence electrons. The zero-order chi connectivity index (χ0) is 29.7. The Kier molecular flexibility index (Phi) is 7.67. The van der Waals surface area contributed by atoms with Crippen LogP contribution < -0.4 is 5.73 Å². The average molecular weight is 577 g/mol. The van der Waals surface area contributed by atoms with E-state index >= 15 is 8.78 Å². The first-order chi connectivity index (χ1) is 19.2. The number of aromatic nitrogens is 3. The minimum absolute atomic E-state index is 0.0372. The number of hydrogen-bond donors (Lipinski definition) is 1. The lowest BCUT2D eigenvalue weighted by atomic mass is 9.83. The number of rotatable bonds is 5. The molecule has 1 unspecified atom stereocenters. The molecule has 2 saturated heterocycles. The lowest BCUT2D eigenvalue weighted by Crippen LogP contribution is -2.55. The number of nitrogens with zero attached hydrogens (tertiary/aromatic N) is 5. The molecule has 41 heavy (non-hydrogen) atoms. The number of nitrogens with two attached hydrogens (primary N) is 1. The third-order valence-electron chi connectivity index (χ3n) is 8.76. The number of ether oxygens (including phenoxy) is 2. The summed E-state index contributed by atoms with van der Waals surface area (Å²) in [5.74, 6) is -3.17. The molecule has 2 N–H and O–H groups in total. The van der Waals surface area contributed by atoms with Gasteiger partial charge >= 0.3 is 12.1 Å². The van der Waals surface area contributed by atoms with Crippen molar-refractivity contribution in [1.29, 1.82) is 0 Å². The Hall–Kier alpha value is -3.02. The van der Waals surface area contributed by atoms with Crippen molar-refractivity contribution in [3.05, 3.63) is 18.6 Å². The summed E-state index contributed by atoms with van der Waals surface area (Å²) in [6.07, 6.45) is 4.35. The molecule has 10 nitrogen and oxygen atoms in total. The molecule has 1 saturated carbocycles. The molecule has 4 heterocycles. The van der Waals surface area contributed by atoms with Gasteiger partial charge in [0.25, 0.3) is 5.92 Å². The van der Waals surface area contributed by atoms with Gasteiger partial charge in [-0.25, -0.2) is 23.5 Å². The summed E-state index contributed by atoms with van der Waals surface area (Å²) in [6.45, 7) is 9.76. The molecule has 0 bridgehead atoms. The molecule has 1 spiro atoms. The zero-order valence-electron chi connectivity index (χ0n) is 24.6. The summed E-state index contributed by atoms with van der Waals surface area (Å²) in [4.78, 5) is 37.4. The Bertz CT molecular complexity index is 1280. The molecule has 1 amide bonds. The molecular weight excluding hydrogens is 534 g/mol. The van der Waals surface area contributed by atoms with Gasteiger partial charge in [0.1, 0.15) is 29.5 Å². The first-order valence-corrected chi connectivity index (χ1v) is 14.5. The number of alkyl halides is 2. The van der Waals surface area contributed by atoms with Crippen LogP contribution in [0.2, 0.25) is 0 Å². The standard InChI is InChI=1S/C29H42F2N6O4/c1-18(2)25(38)40-22-13-20(37-9-6-21-23(32)33-17-34-24(21)37)12-19(22)14-36-16-29(30,31)15-28(36)7-10-35(11-8-28)26(39)41-27(3,4)5/h6,9,17-20,22H,7-8,10-16H2,1-5H3,(H2,32,33,34)/t19-,20?,22+/m1/s1. The number of nitrogen functional groups attached to an aromatic ring is 1. The van der Waals surface area contributed by atoms with Gasteiger partial charge < -0.3 is 24.7 Å². The van der Waals surface area contributed by atoms with Crippen molar-refractivity contribution in [2.75, 3.05) is 31.9 Å². The van der Waals surface area contributed by atoms with Gasteiger partial charge in [-0.1, -0.05) is 13.8 Å². The van der Waals surface area contributed by atoms with Crippen LogP contribution in [0, 0.1) is 11.8 Å². The molecule has 3 atom stereocenters. The first kappa shape index (κ1) is 29.5. The number of piperidine rings is 1. The molecule has 2 aromatic rings. The molecular formula is C29H42F2N6O4. The van der Waals surface area contributed by atoms with Crippen molar-refractivity contribution in [1.82, 2.24) is 24.3 Å². The Balaban J connectivity index is 1.36. The van der Waals surface area contributed by atoms with E-state index in [0.717, 1.165) is 5.39 Å². The fraction of sp³-hybridized carbons (Fsp3) is 0.724. The molecule has 3 fully saturated rings. The van der Waals surface area contributed by atoms with Gasteiger partial charge in [0, 0.05) is 56.2 Å². The van der Waals surface area contributed by atoms with E-state index in [-0.39, 0.29) is 36.8 Å². The Morgan fingerprint density at radius 1 is 1.17 bits per heavy atom. The highest BCUT2D eigenvalue weighted by molar-refractivity contribution is 5.86. The van der Waals surface area contributed by atoms with Crippen LogP contribution in [-0.2, 0) is 14.3 Å². The molecule has 3 aliphatic rings. The summed E-state index contributed by atoms with van der Waals surface area (Å²) >= 11 is 0. The minimum atomic E-state index is -2.83. The maximum atomic E-state index is 15.0. The van der Waals surface area contributed by atoms with E-state index in [2.05, 4.69) is 9.97 Å². The van der Waals surface area contributed by atoms with E-state index < -0.39 is 29.3 Å². The van der Waals surface area contributed by atoms with E-state index in [4.69, 9.17) is 15.2 Å². The lowest BCUT2D eigenvalue weighted by Gasteiger charge is -2.45. The maximum Gasteiger partial charge on any atom is 0.410 e. The fourth-order valence-electron chi connectivity index (χ4n) is 6.75. The monoisotopic (exact) mass is 576 g/mol. The smallest absolute Gasteiger partial charge is 0.410 e. The van der Waals surface area contributed by atoms with E-state index in [0.29, 0.717) is 56.8 Å². The number of carbonyl (C=O) groups is 2. The van der Waals surface area contributed by atoms with Crippen LogP contribution in [0.25, 0.3) is 11.0 Å². The number of fused-ring (bicyclic) bond motifs is 1. The van der Waals surface area contributed by atoms with Crippen molar-refractivity contribution >= 4 is 28.9 Å². The number of amides is 1. The molecule has 2 aliphatic heterocycles. The number of hydrogen-bond acceptors (Lipinski definition) is 8. The van der Waals surface area contributed by atoms with E-state index in [1.807, 2.05) is 42.5 Å². The molecule has 1 aliphatic carbocycles. The van der Waals surface area contributed by atoms with Gasteiger partial charge in [-0.2, -0.15) is 0 Å². The van der Waals surface area contributed by atoms with Crippen LogP contribution in [0.15, 0.2) is 18.6 Å². The summed E-state index contributed by atoms with van der Waals surface area (Å²) in [6, 6.07) is 1.84. The second kappa shape index (κ2) is 10.7. The SMILES string of the molecule is CC(C)C(=O)O[C@H]1CC(n2ccc3c(N)ncnc32)C[C@@H]1CN1CC(F)(F)CC12CCN(C(=O)OC(C)(C)C)CC2. The number of esters is 1. The Morgan fingerprint density at radius 2 is 1.88 bits per heavy atom. The second-order valence-corrected chi connectivity index (χ2v) is 13.3. The van der Waals surface area contributed by atoms with E-state index in [9.17, 15) is 9.59 Å². The Labute approximate surface area is 239 Å². The summed E-state index contributed by atoms with van der Waals surface area (Å²) < 4.78 is 43.6. The summed E-state index contributed by atoms with van der Waals surface area (Å²) in [7, 11) is 0. The topological polar surface area (TPSA) is 116 Å². The van der Waals surface area contributed by atoms with Crippen LogP contribution in [0.5, 0.6) is 0 Å². The quantitative estimate of drug-likeness (QED) is 0.512. The van der Waals surface area contributed by atoms with Crippen LogP contribution in [0.4, 0.5) is 19.4 Å². The second-order valence-electron chi connectivity index (χ2n) is 13.3. The van der Waals surface area contributed by atoms with Gasteiger partial charge in [-0.3, -0.25) is 9.69 Å². The number of carbonyl (C=O) groups excluding carboxylic acids is 2. The normalized spacial score (nSPS) is 26.2. The van der Waals surface area contributed by atoms with Gasteiger partial charge in [0.2, 0.25) is 0 Å². The highest BCUT2D eigenvalue weighted by Crippen LogP contribution is 2.48. The van der Waals surface area contributed by atoms with Crippen LogP contribution in [-0.4, -0.2) is 85.7 Å². The van der Waals surface area contributed by atoms with Crippen LogP contribution in [0.3, 0.4) is 0 Å². The largest absolute Gasteiger partial charge is 0.462 e. The highest BCUT2D eigenvalue weighted by atomic mass is 19.3. The van der Waals surface area contributed by atoms with Crippen molar-refractivity contribution < 1.29 is 27.8 Å². The molecule has 0 radical (unpaired) electrons. The summed E-state index contributed by atoms with van der Waals surface area (Å²) in [5.41, 5.74) is 5.40. The third kappa shape index (κ3) is 6.12. The zero-order valence-corrected chi connectivity index (χ0v) is 24.6. The molecule has 0 aromatic carbocycles. The van der Waals surface area contributed by atoms with Gasteiger partial charge in [0.15, 0.2) is 0 Å². The van der Waals surface area contributed by atoms with E-state index in [1.165, 1.54) is 6.33 Å². The fourth-order valence-corrected chi connectivity index (χ4v) is 6.75. The molecule has 2 aromatic heterocycles. The summed E-state index contributed by atoms with van der Waals surface area (Å²) in [5, 5.41) is 0.751. The van der Waals surface area contributed by atoms with E-state index in [1.54, 1.807) is 18.7 Å². The third-order valence-corrected chi connectivity index (χ3v) is 8.76. The minimum Gasteiger partial charge on any atom is -0.462 e. The molecule has 12 heteroatoms. The van der Waals surface area contributed by atoms with Gasteiger partial charge in [0.05, 0.1) is 17.8 Å². The first-order valence-electron chi connectivity index (χ1n) is 14.5. The van der Waals surface area contributed by atoms with Crippen molar-refractivity contribution in [3.8, 4) is 0 Å². The van der Waals surface area contributed by atoms with Crippen LogP contribution >= 0.6 is 0 Å². The maximum absolute atomic E-state index is 15.0. The van der Waals surface area contributed by atoms with Crippen LogP contribution in [0.1, 0.15) is 72.8 Å². The van der Waals surface area contributed by atoms with Gasteiger partial charge in [-0.05, 0) is 46.1 Å². The lowest BCUT2D eigenvalue weighted by molar-refractivity contribution is -0.155. The average Bonchev–Trinajstić information content (AvgIpc) is 3.53. The van der Waals surface area contributed by atoms with Crippen molar-refractivity contribution in [2.45, 2.75) is 95.9 Å². The molecule has 5 rings (SSSR count). The van der Waals surface area contributed by atoms with Gasteiger partial charge in [-0.15, -0.1) is 0 Å². The van der Waals surface area contributed by atoms with Crippen molar-refractivity contribution in [3.63, 3.8) is 0 Å². The predicted octanol–water partition coefficient (Wildman–Crippen LogP) is 4.64. The number of likely N-dealkylation sites (tertiary alicyclic amines) is 2. The number of halogens is 2. The Morgan fingerprint density at radius 3 is 2.54 bits per heavy atom. The predicted molar refractivity (Wildman–Crippen MR) is 149 cm³/mol. The highest BCUT2D eigenvalue weighted by Gasteiger charge is 2.57. The number of anilines is 1. The van der Waals surface area contributed by atoms with Crippen molar-refractivity contribution in [2.24, 2.45) is 11.8 Å².